The van der Waals surface area contributed by atoms with E-state index >= 15 is 0 Å². The number of nitrogens with zero attached hydrogens (tertiary/aromatic N) is 3. The highest BCUT2D eigenvalue weighted by atomic mass is 16.6. The smallest absolute Gasteiger partial charge is 0.333 e. The van der Waals surface area contributed by atoms with Gasteiger partial charge in [0.1, 0.15) is 5.69 Å². The Morgan fingerprint density at radius 1 is 1.39 bits per heavy atom. The van der Waals surface area contributed by atoms with Gasteiger partial charge < -0.3 is 5.73 Å². The highest BCUT2D eigenvalue weighted by molar-refractivity contribution is 5.56. The van der Waals surface area contributed by atoms with Crippen LogP contribution in [0, 0.1) is 28.9 Å². The van der Waals surface area contributed by atoms with Crippen LogP contribution in [-0.2, 0) is 0 Å². The van der Waals surface area contributed by atoms with Crippen LogP contribution < -0.4 is 5.73 Å². The summed E-state index contributed by atoms with van der Waals surface area (Å²) in [5.41, 5.74) is 6.28. The minimum Gasteiger partial charge on any atom is -0.378 e. The molecule has 0 spiro atoms. The minimum atomic E-state index is -0.438. The second-order valence-electron chi connectivity index (χ2n) is 5.40. The monoisotopic (exact) mass is 252 g/mol. The first-order valence-electron chi connectivity index (χ1n) is 6.42. The van der Waals surface area contributed by atoms with E-state index in [-0.39, 0.29) is 17.5 Å². The SMILES string of the molecule is Cc1nn(C2C(C)CCCC2C)c(N)c1[N+](=O)[O-]. The number of hydrogen-bond acceptors (Lipinski definition) is 4. The zero-order valence-corrected chi connectivity index (χ0v) is 11.1. The summed E-state index contributed by atoms with van der Waals surface area (Å²) in [4.78, 5) is 10.5. The molecule has 0 aromatic carbocycles. The average Bonchev–Trinajstić information content (AvgIpc) is 2.54. The van der Waals surface area contributed by atoms with Crippen molar-refractivity contribution in [3.05, 3.63) is 15.8 Å². The summed E-state index contributed by atoms with van der Waals surface area (Å²) in [6, 6.07) is 0.172. The van der Waals surface area contributed by atoms with Crippen LogP contribution in [0.1, 0.15) is 44.8 Å². The molecule has 2 rings (SSSR count). The topological polar surface area (TPSA) is 87.0 Å². The lowest BCUT2D eigenvalue weighted by Crippen LogP contribution is -2.29. The fourth-order valence-electron chi connectivity index (χ4n) is 3.16. The van der Waals surface area contributed by atoms with E-state index in [1.165, 1.54) is 6.42 Å². The number of rotatable bonds is 2. The Kier molecular flexibility index (Phi) is 3.28. The van der Waals surface area contributed by atoms with Gasteiger partial charge in [0.15, 0.2) is 0 Å². The first-order valence-corrected chi connectivity index (χ1v) is 6.42. The molecule has 0 aliphatic heterocycles. The van der Waals surface area contributed by atoms with Crippen molar-refractivity contribution in [2.75, 3.05) is 5.73 Å². The van der Waals surface area contributed by atoms with Crippen LogP contribution in [0.3, 0.4) is 0 Å². The van der Waals surface area contributed by atoms with Gasteiger partial charge in [-0.15, -0.1) is 0 Å². The third kappa shape index (κ3) is 1.95. The van der Waals surface area contributed by atoms with Crippen molar-refractivity contribution in [1.29, 1.82) is 0 Å². The summed E-state index contributed by atoms with van der Waals surface area (Å²) in [5, 5.41) is 15.3. The molecule has 0 amide bonds. The van der Waals surface area contributed by atoms with E-state index in [0.717, 1.165) is 12.8 Å². The molecule has 2 unspecified atom stereocenters. The second-order valence-corrected chi connectivity index (χ2v) is 5.40. The van der Waals surface area contributed by atoms with Gasteiger partial charge in [-0.25, -0.2) is 4.68 Å². The Labute approximate surface area is 106 Å². The number of aromatic nitrogens is 2. The highest BCUT2D eigenvalue weighted by Gasteiger charge is 2.34. The highest BCUT2D eigenvalue weighted by Crippen LogP contribution is 2.41. The molecule has 1 aliphatic carbocycles. The van der Waals surface area contributed by atoms with Gasteiger partial charge >= 0.3 is 5.69 Å². The summed E-state index contributed by atoms with van der Waals surface area (Å²) in [6.07, 6.45) is 3.46. The first kappa shape index (κ1) is 12.9. The average molecular weight is 252 g/mol. The molecule has 0 bridgehead atoms. The quantitative estimate of drug-likeness (QED) is 0.647. The zero-order valence-electron chi connectivity index (χ0n) is 11.1. The van der Waals surface area contributed by atoms with E-state index < -0.39 is 4.92 Å². The van der Waals surface area contributed by atoms with Crippen LogP contribution in [0.4, 0.5) is 11.5 Å². The molecule has 1 aromatic heterocycles. The van der Waals surface area contributed by atoms with Gasteiger partial charge in [0.05, 0.1) is 11.0 Å². The van der Waals surface area contributed by atoms with Gasteiger partial charge in [-0.05, 0) is 31.6 Å². The number of nitro groups is 1. The number of anilines is 1. The van der Waals surface area contributed by atoms with Crippen LogP contribution in [0.5, 0.6) is 0 Å². The van der Waals surface area contributed by atoms with Crippen molar-refractivity contribution in [3.8, 4) is 0 Å². The number of nitrogens with two attached hydrogens (primary N) is 1. The molecule has 1 fully saturated rings. The largest absolute Gasteiger partial charge is 0.378 e. The fourth-order valence-corrected chi connectivity index (χ4v) is 3.16. The normalized spacial score (nSPS) is 28.3. The summed E-state index contributed by atoms with van der Waals surface area (Å²) in [7, 11) is 0. The third-order valence-electron chi connectivity index (χ3n) is 4.04. The van der Waals surface area contributed by atoms with Crippen molar-refractivity contribution in [2.24, 2.45) is 11.8 Å². The molecule has 6 heteroatoms. The Bertz CT molecular complexity index is 459. The first-order chi connectivity index (χ1) is 8.43. The maximum Gasteiger partial charge on any atom is 0.333 e. The molecule has 2 N–H and O–H groups in total. The second kappa shape index (κ2) is 4.59. The molecular weight excluding hydrogens is 232 g/mol. The minimum absolute atomic E-state index is 0.0417. The van der Waals surface area contributed by atoms with Gasteiger partial charge in [-0.1, -0.05) is 20.3 Å². The van der Waals surface area contributed by atoms with Gasteiger partial charge in [0, 0.05) is 0 Å². The molecule has 1 aromatic rings. The van der Waals surface area contributed by atoms with Crippen molar-refractivity contribution in [3.63, 3.8) is 0 Å². The lowest BCUT2D eigenvalue weighted by molar-refractivity contribution is -0.384. The Morgan fingerprint density at radius 3 is 2.39 bits per heavy atom. The molecule has 100 valence electrons. The standard InChI is InChI=1S/C12H20N4O2/c1-7-5-4-6-8(2)10(7)15-12(13)11(16(17)18)9(3)14-15/h7-8,10H,4-6,13H2,1-3H3. The van der Waals surface area contributed by atoms with Crippen LogP contribution >= 0.6 is 0 Å². The molecular formula is C12H20N4O2. The van der Waals surface area contributed by atoms with Gasteiger partial charge in [-0.3, -0.25) is 10.1 Å². The number of aryl methyl sites for hydroxylation is 1. The Hall–Kier alpha value is -1.59. The van der Waals surface area contributed by atoms with Crippen molar-refractivity contribution >= 4 is 11.5 Å². The molecule has 1 heterocycles. The van der Waals surface area contributed by atoms with Gasteiger partial charge in [0.25, 0.3) is 0 Å². The predicted octanol–water partition coefficient (Wildman–Crippen LogP) is 2.68. The molecule has 1 aliphatic rings. The van der Waals surface area contributed by atoms with E-state index in [0.29, 0.717) is 17.5 Å². The van der Waals surface area contributed by atoms with Gasteiger partial charge in [0.2, 0.25) is 5.82 Å². The lowest BCUT2D eigenvalue weighted by atomic mass is 9.79. The zero-order chi connectivity index (χ0) is 13.4. The molecule has 0 radical (unpaired) electrons. The predicted molar refractivity (Wildman–Crippen MR) is 69.2 cm³/mol. The van der Waals surface area contributed by atoms with Crippen LogP contribution in [0.15, 0.2) is 0 Å². The number of nitrogen functional groups attached to an aromatic ring is 1. The Balaban J connectivity index is 2.44. The summed E-state index contributed by atoms with van der Waals surface area (Å²) >= 11 is 0. The molecule has 1 saturated carbocycles. The van der Waals surface area contributed by atoms with Crippen molar-refractivity contribution in [1.82, 2.24) is 9.78 Å². The number of hydrogen-bond donors (Lipinski definition) is 1. The van der Waals surface area contributed by atoms with Crippen LogP contribution in [0.25, 0.3) is 0 Å². The lowest BCUT2D eigenvalue weighted by Gasteiger charge is -2.34. The maximum absolute atomic E-state index is 11.0. The van der Waals surface area contributed by atoms with Crippen LogP contribution in [-0.4, -0.2) is 14.7 Å². The summed E-state index contributed by atoms with van der Waals surface area (Å²) in [5.74, 6) is 1.10. The summed E-state index contributed by atoms with van der Waals surface area (Å²) < 4.78 is 1.68. The van der Waals surface area contributed by atoms with Crippen molar-refractivity contribution < 1.29 is 4.92 Å². The maximum atomic E-state index is 11.0. The molecule has 18 heavy (non-hydrogen) atoms. The van der Waals surface area contributed by atoms with Gasteiger partial charge in [-0.2, -0.15) is 5.10 Å². The fraction of sp³-hybridized carbons (Fsp3) is 0.750. The van der Waals surface area contributed by atoms with E-state index in [2.05, 4.69) is 18.9 Å². The van der Waals surface area contributed by atoms with Crippen LogP contribution in [0.2, 0.25) is 0 Å². The molecule has 0 saturated heterocycles. The third-order valence-corrected chi connectivity index (χ3v) is 4.04. The molecule has 6 nitrogen and oxygen atoms in total. The van der Waals surface area contributed by atoms with E-state index in [4.69, 9.17) is 5.73 Å². The Morgan fingerprint density at radius 2 is 1.94 bits per heavy atom. The van der Waals surface area contributed by atoms with E-state index in [1.807, 2.05) is 0 Å². The summed E-state index contributed by atoms with van der Waals surface area (Å²) in [6.45, 7) is 5.98. The van der Waals surface area contributed by atoms with Crippen molar-refractivity contribution in [2.45, 2.75) is 46.1 Å². The van der Waals surface area contributed by atoms with E-state index in [9.17, 15) is 10.1 Å². The van der Waals surface area contributed by atoms with E-state index in [1.54, 1.807) is 11.6 Å². The molecule has 2 atom stereocenters.